The van der Waals surface area contributed by atoms with Crippen molar-refractivity contribution < 1.29 is 4.74 Å². The van der Waals surface area contributed by atoms with E-state index in [1.165, 1.54) is 31.9 Å². The van der Waals surface area contributed by atoms with Crippen LogP contribution in [0.25, 0.3) is 0 Å². The zero-order chi connectivity index (χ0) is 8.65. The van der Waals surface area contributed by atoms with Gasteiger partial charge < -0.3 is 10.1 Å². The summed E-state index contributed by atoms with van der Waals surface area (Å²) in [6, 6.07) is 0.786. The molecule has 1 rings (SSSR count). The van der Waals surface area contributed by atoms with Gasteiger partial charge in [-0.05, 0) is 25.8 Å². The van der Waals surface area contributed by atoms with Crippen LogP contribution >= 0.6 is 0 Å². The van der Waals surface area contributed by atoms with E-state index in [4.69, 9.17) is 4.74 Å². The number of hydrogen-bond donors (Lipinski definition) is 1. The smallest absolute Gasteiger partial charge is 0.0885 e. The molecule has 0 bridgehead atoms. The molecule has 1 aliphatic rings. The molecule has 1 fully saturated rings. The van der Waals surface area contributed by atoms with Crippen molar-refractivity contribution >= 4 is 0 Å². The van der Waals surface area contributed by atoms with Crippen molar-refractivity contribution in [1.82, 2.24) is 5.32 Å². The van der Waals surface area contributed by atoms with Gasteiger partial charge in [-0.2, -0.15) is 0 Å². The monoisotopic (exact) mass is 169 g/mol. The minimum Gasteiger partial charge on any atom is -0.502 e. The summed E-state index contributed by atoms with van der Waals surface area (Å²) in [6.45, 7) is 5.37. The van der Waals surface area contributed by atoms with Crippen LogP contribution in [-0.4, -0.2) is 19.2 Å². The van der Waals surface area contributed by atoms with Crippen LogP contribution in [0.5, 0.6) is 0 Å². The van der Waals surface area contributed by atoms with E-state index in [-0.39, 0.29) is 0 Å². The third kappa shape index (κ3) is 3.77. The highest BCUT2D eigenvalue weighted by atomic mass is 16.5. The molecule has 0 aliphatic heterocycles. The molecule has 0 heterocycles. The van der Waals surface area contributed by atoms with Crippen molar-refractivity contribution in [2.24, 2.45) is 0 Å². The third-order valence-electron chi connectivity index (χ3n) is 2.35. The van der Waals surface area contributed by atoms with Crippen LogP contribution in [0, 0.1) is 0 Å². The van der Waals surface area contributed by atoms with Gasteiger partial charge in [-0.15, -0.1) is 0 Å². The molecule has 0 aromatic carbocycles. The molecule has 0 radical (unpaired) electrons. The predicted octanol–water partition coefficient (Wildman–Crippen LogP) is 2.07. The first kappa shape index (κ1) is 9.59. The lowest BCUT2D eigenvalue weighted by Gasteiger charge is -2.10. The molecule has 0 aromatic heterocycles. The topological polar surface area (TPSA) is 21.3 Å². The molecular formula is C10H19NO. The Kier molecular flexibility index (Phi) is 4.85. The molecule has 0 saturated heterocycles. The van der Waals surface area contributed by atoms with E-state index in [2.05, 4.69) is 11.9 Å². The Morgan fingerprint density at radius 2 is 2.17 bits per heavy atom. The summed E-state index contributed by atoms with van der Waals surface area (Å²) in [7, 11) is 0. The molecule has 12 heavy (non-hydrogen) atoms. The predicted molar refractivity (Wildman–Crippen MR) is 51.0 cm³/mol. The van der Waals surface area contributed by atoms with Gasteiger partial charge in [0.15, 0.2) is 0 Å². The molecule has 0 aromatic rings. The largest absolute Gasteiger partial charge is 0.502 e. The Balaban J connectivity index is 1.84. The van der Waals surface area contributed by atoms with Gasteiger partial charge >= 0.3 is 0 Å². The summed E-state index contributed by atoms with van der Waals surface area (Å²) in [6.07, 6.45) is 8.13. The SMILES string of the molecule is C=COCCCNC1CCCC1. The van der Waals surface area contributed by atoms with Crippen molar-refractivity contribution in [3.05, 3.63) is 12.8 Å². The van der Waals surface area contributed by atoms with Gasteiger partial charge in [0.2, 0.25) is 0 Å². The Morgan fingerprint density at radius 3 is 2.83 bits per heavy atom. The minimum absolute atomic E-state index is 0.786. The lowest BCUT2D eigenvalue weighted by atomic mass is 10.2. The molecule has 70 valence electrons. The van der Waals surface area contributed by atoms with E-state index < -0.39 is 0 Å². The maximum Gasteiger partial charge on any atom is 0.0885 e. The number of ether oxygens (including phenoxy) is 1. The van der Waals surface area contributed by atoms with Crippen LogP contribution in [0.3, 0.4) is 0 Å². The van der Waals surface area contributed by atoms with Gasteiger partial charge in [0.1, 0.15) is 0 Å². The van der Waals surface area contributed by atoms with E-state index in [0.29, 0.717) is 0 Å². The van der Waals surface area contributed by atoms with Crippen LogP contribution in [0.1, 0.15) is 32.1 Å². The molecule has 2 heteroatoms. The summed E-state index contributed by atoms with van der Waals surface area (Å²) in [4.78, 5) is 0. The van der Waals surface area contributed by atoms with Gasteiger partial charge in [0.25, 0.3) is 0 Å². The fourth-order valence-corrected chi connectivity index (χ4v) is 1.67. The molecule has 1 aliphatic carbocycles. The molecular weight excluding hydrogens is 150 g/mol. The van der Waals surface area contributed by atoms with Crippen molar-refractivity contribution in [2.45, 2.75) is 38.1 Å². The van der Waals surface area contributed by atoms with Gasteiger partial charge in [-0.3, -0.25) is 0 Å². The lowest BCUT2D eigenvalue weighted by molar-refractivity contribution is 0.243. The molecule has 2 nitrogen and oxygen atoms in total. The van der Waals surface area contributed by atoms with E-state index in [1.807, 2.05) is 0 Å². The Bertz CT molecular complexity index is 119. The lowest BCUT2D eigenvalue weighted by Crippen LogP contribution is -2.27. The second kappa shape index (κ2) is 6.06. The number of nitrogens with one attached hydrogen (secondary N) is 1. The third-order valence-corrected chi connectivity index (χ3v) is 2.35. The maximum atomic E-state index is 5.02. The van der Waals surface area contributed by atoms with E-state index in [1.54, 1.807) is 0 Å². The maximum absolute atomic E-state index is 5.02. The summed E-state index contributed by atoms with van der Waals surface area (Å²) < 4.78 is 5.02. The van der Waals surface area contributed by atoms with Crippen molar-refractivity contribution in [3.8, 4) is 0 Å². The van der Waals surface area contributed by atoms with Crippen LogP contribution in [0.4, 0.5) is 0 Å². The highest BCUT2D eigenvalue weighted by Crippen LogP contribution is 2.17. The molecule has 0 atom stereocenters. The van der Waals surface area contributed by atoms with Crippen molar-refractivity contribution in [3.63, 3.8) is 0 Å². The fraction of sp³-hybridized carbons (Fsp3) is 0.800. The van der Waals surface area contributed by atoms with E-state index in [0.717, 1.165) is 25.6 Å². The molecule has 1 N–H and O–H groups in total. The van der Waals surface area contributed by atoms with Crippen LogP contribution in [0.15, 0.2) is 12.8 Å². The fourth-order valence-electron chi connectivity index (χ4n) is 1.67. The standard InChI is InChI=1S/C10H19NO/c1-2-12-9-5-8-11-10-6-3-4-7-10/h2,10-11H,1,3-9H2. The van der Waals surface area contributed by atoms with Gasteiger partial charge in [-0.25, -0.2) is 0 Å². The van der Waals surface area contributed by atoms with Crippen LogP contribution < -0.4 is 5.32 Å². The zero-order valence-corrected chi connectivity index (χ0v) is 7.72. The van der Waals surface area contributed by atoms with Crippen LogP contribution in [-0.2, 0) is 4.74 Å². The average Bonchev–Trinajstić information content (AvgIpc) is 2.57. The minimum atomic E-state index is 0.786. The summed E-state index contributed by atoms with van der Waals surface area (Å²) >= 11 is 0. The normalized spacial score (nSPS) is 18.0. The Hall–Kier alpha value is -0.500. The van der Waals surface area contributed by atoms with Gasteiger partial charge in [-0.1, -0.05) is 19.4 Å². The Morgan fingerprint density at radius 1 is 1.42 bits per heavy atom. The quantitative estimate of drug-likeness (QED) is 0.485. The average molecular weight is 169 g/mol. The summed E-state index contributed by atoms with van der Waals surface area (Å²) in [5, 5.41) is 3.53. The zero-order valence-electron chi connectivity index (χ0n) is 7.72. The van der Waals surface area contributed by atoms with Crippen LogP contribution in [0.2, 0.25) is 0 Å². The Labute approximate surface area is 75.0 Å². The van der Waals surface area contributed by atoms with Crippen molar-refractivity contribution in [2.75, 3.05) is 13.2 Å². The van der Waals surface area contributed by atoms with Gasteiger partial charge in [0.05, 0.1) is 12.9 Å². The highest BCUT2D eigenvalue weighted by Gasteiger charge is 2.12. The number of hydrogen-bond acceptors (Lipinski definition) is 2. The molecule has 1 saturated carbocycles. The van der Waals surface area contributed by atoms with E-state index in [9.17, 15) is 0 Å². The summed E-state index contributed by atoms with van der Waals surface area (Å²) in [5.41, 5.74) is 0. The van der Waals surface area contributed by atoms with E-state index >= 15 is 0 Å². The van der Waals surface area contributed by atoms with Gasteiger partial charge in [0, 0.05) is 6.04 Å². The summed E-state index contributed by atoms with van der Waals surface area (Å²) in [5.74, 6) is 0. The molecule has 0 spiro atoms. The molecule has 0 unspecified atom stereocenters. The first-order valence-electron chi connectivity index (χ1n) is 4.89. The number of rotatable bonds is 6. The second-order valence-corrected chi connectivity index (χ2v) is 3.33. The first-order chi connectivity index (χ1) is 5.93. The highest BCUT2D eigenvalue weighted by molar-refractivity contribution is 4.73. The first-order valence-corrected chi connectivity index (χ1v) is 4.89. The second-order valence-electron chi connectivity index (χ2n) is 3.33. The van der Waals surface area contributed by atoms with Crippen molar-refractivity contribution in [1.29, 1.82) is 0 Å². The molecule has 0 amide bonds.